The number of hydrogen-bond acceptors (Lipinski definition) is 2. The van der Waals surface area contributed by atoms with Crippen molar-refractivity contribution in [1.82, 2.24) is 4.90 Å². The highest BCUT2D eigenvalue weighted by Gasteiger charge is 2.34. The Bertz CT molecular complexity index is 199. The third kappa shape index (κ3) is 4.84. The molecule has 0 aliphatic heterocycles. The van der Waals surface area contributed by atoms with Crippen LogP contribution in [-0.4, -0.2) is 37.7 Å². The van der Waals surface area contributed by atoms with Crippen molar-refractivity contribution in [3.05, 3.63) is 0 Å². The van der Waals surface area contributed by atoms with Crippen LogP contribution in [0, 0.1) is 5.41 Å². The fraction of sp³-hybridized carbons (Fsp3) is 1.00. The SMILES string of the molecule is CN(C)CC1(COC(C)(C)C)CCCCC1. The van der Waals surface area contributed by atoms with Crippen LogP contribution in [0.15, 0.2) is 0 Å². The summed E-state index contributed by atoms with van der Waals surface area (Å²) in [4.78, 5) is 2.32. The van der Waals surface area contributed by atoms with E-state index >= 15 is 0 Å². The van der Waals surface area contributed by atoms with Gasteiger partial charge >= 0.3 is 0 Å². The van der Waals surface area contributed by atoms with Gasteiger partial charge < -0.3 is 9.64 Å². The molecule has 1 rings (SSSR count). The molecule has 0 unspecified atom stereocenters. The van der Waals surface area contributed by atoms with Gasteiger partial charge in [-0.25, -0.2) is 0 Å². The van der Waals surface area contributed by atoms with Crippen LogP contribution in [0.4, 0.5) is 0 Å². The molecule has 0 amide bonds. The molecule has 1 aliphatic rings. The Labute approximate surface area is 101 Å². The zero-order valence-electron chi connectivity index (χ0n) is 11.8. The second-order valence-electron chi connectivity index (χ2n) is 6.70. The average Bonchev–Trinajstić information content (AvgIpc) is 2.14. The molecule has 1 saturated carbocycles. The summed E-state index contributed by atoms with van der Waals surface area (Å²) in [5.41, 5.74) is 0.409. The smallest absolute Gasteiger partial charge is 0.0598 e. The lowest BCUT2D eigenvalue weighted by atomic mass is 9.74. The van der Waals surface area contributed by atoms with Crippen molar-refractivity contribution in [3.8, 4) is 0 Å². The summed E-state index contributed by atoms with van der Waals surface area (Å²) in [6.45, 7) is 8.55. The van der Waals surface area contributed by atoms with Gasteiger partial charge in [0.1, 0.15) is 0 Å². The fourth-order valence-electron chi connectivity index (χ4n) is 2.69. The first-order chi connectivity index (χ1) is 7.33. The molecule has 0 aromatic rings. The molecule has 2 nitrogen and oxygen atoms in total. The third-order valence-corrected chi connectivity index (χ3v) is 3.38. The van der Waals surface area contributed by atoms with Crippen LogP contribution in [0.3, 0.4) is 0 Å². The largest absolute Gasteiger partial charge is 0.375 e. The fourth-order valence-corrected chi connectivity index (χ4v) is 2.69. The minimum Gasteiger partial charge on any atom is -0.375 e. The molecule has 2 heteroatoms. The van der Waals surface area contributed by atoms with Crippen LogP contribution in [0.1, 0.15) is 52.9 Å². The lowest BCUT2D eigenvalue weighted by Gasteiger charge is -2.40. The molecule has 0 atom stereocenters. The van der Waals surface area contributed by atoms with E-state index in [1.165, 1.54) is 38.6 Å². The zero-order chi connectivity index (χ0) is 12.2. The summed E-state index contributed by atoms with van der Waals surface area (Å²) in [6, 6.07) is 0. The highest BCUT2D eigenvalue weighted by atomic mass is 16.5. The van der Waals surface area contributed by atoms with Crippen molar-refractivity contribution in [2.75, 3.05) is 27.2 Å². The predicted octanol–water partition coefficient (Wildman–Crippen LogP) is 3.31. The molecule has 0 heterocycles. The molecule has 0 spiro atoms. The monoisotopic (exact) mass is 227 g/mol. The van der Waals surface area contributed by atoms with Gasteiger partial charge in [0.2, 0.25) is 0 Å². The van der Waals surface area contributed by atoms with E-state index in [0.717, 1.165) is 6.61 Å². The summed E-state index contributed by atoms with van der Waals surface area (Å²) in [5, 5.41) is 0. The first-order valence-electron chi connectivity index (χ1n) is 6.62. The van der Waals surface area contributed by atoms with Crippen molar-refractivity contribution in [2.24, 2.45) is 5.41 Å². The maximum Gasteiger partial charge on any atom is 0.0598 e. The van der Waals surface area contributed by atoms with E-state index in [1.807, 2.05) is 0 Å². The third-order valence-electron chi connectivity index (χ3n) is 3.38. The second kappa shape index (κ2) is 5.50. The molecule has 0 saturated heterocycles. The molecule has 0 aromatic heterocycles. The van der Waals surface area contributed by atoms with Gasteiger partial charge in [-0.3, -0.25) is 0 Å². The van der Waals surface area contributed by atoms with E-state index in [4.69, 9.17) is 4.74 Å². The Balaban J connectivity index is 2.55. The van der Waals surface area contributed by atoms with Gasteiger partial charge in [0.25, 0.3) is 0 Å². The Morgan fingerprint density at radius 1 is 1.06 bits per heavy atom. The highest BCUT2D eigenvalue weighted by Crippen LogP contribution is 2.37. The van der Waals surface area contributed by atoms with Gasteiger partial charge in [-0.15, -0.1) is 0 Å². The van der Waals surface area contributed by atoms with Crippen LogP contribution < -0.4 is 0 Å². The van der Waals surface area contributed by atoms with Crippen LogP contribution in [0.2, 0.25) is 0 Å². The zero-order valence-corrected chi connectivity index (χ0v) is 11.8. The van der Waals surface area contributed by atoms with Gasteiger partial charge in [-0.1, -0.05) is 19.3 Å². The van der Waals surface area contributed by atoms with Crippen molar-refractivity contribution in [1.29, 1.82) is 0 Å². The highest BCUT2D eigenvalue weighted by molar-refractivity contribution is 4.85. The van der Waals surface area contributed by atoms with Gasteiger partial charge in [0.15, 0.2) is 0 Å². The van der Waals surface area contributed by atoms with Gasteiger partial charge in [-0.05, 0) is 47.7 Å². The van der Waals surface area contributed by atoms with E-state index in [0.29, 0.717) is 5.41 Å². The van der Waals surface area contributed by atoms with Crippen LogP contribution in [-0.2, 0) is 4.74 Å². The Kier molecular flexibility index (Phi) is 4.81. The molecule has 0 aromatic carbocycles. The molecule has 1 fully saturated rings. The number of hydrogen-bond donors (Lipinski definition) is 0. The first kappa shape index (κ1) is 14.0. The maximum atomic E-state index is 6.05. The predicted molar refractivity (Wildman–Crippen MR) is 69.8 cm³/mol. The minimum absolute atomic E-state index is 0.00321. The Morgan fingerprint density at radius 3 is 2.06 bits per heavy atom. The van der Waals surface area contributed by atoms with E-state index in [-0.39, 0.29) is 5.60 Å². The van der Waals surface area contributed by atoms with Crippen LogP contribution >= 0.6 is 0 Å². The van der Waals surface area contributed by atoms with Gasteiger partial charge in [-0.2, -0.15) is 0 Å². The Hall–Kier alpha value is -0.0800. The van der Waals surface area contributed by atoms with Gasteiger partial charge in [0.05, 0.1) is 12.2 Å². The minimum atomic E-state index is -0.00321. The number of nitrogens with zero attached hydrogens (tertiary/aromatic N) is 1. The first-order valence-corrected chi connectivity index (χ1v) is 6.62. The van der Waals surface area contributed by atoms with E-state index in [1.54, 1.807) is 0 Å². The summed E-state index contributed by atoms with van der Waals surface area (Å²) in [7, 11) is 4.35. The molecule has 0 N–H and O–H groups in total. The Morgan fingerprint density at radius 2 is 1.62 bits per heavy atom. The lowest BCUT2D eigenvalue weighted by molar-refractivity contribution is -0.0699. The molecule has 0 radical (unpaired) electrons. The van der Waals surface area contributed by atoms with E-state index in [9.17, 15) is 0 Å². The standard InChI is InChI=1S/C14H29NO/c1-13(2,3)16-12-14(11-15(4)5)9-7-6-8-10-14/h6-12H2,1-5H3. The molecule has 0 bridgehead atoms. The van der Waals surface area contributed by atoms with Crippen LogP contribution in [0.25, 0.3) is 0 Å². The quantitative estimate of drug-likeness (QED) is 0.730. The van der Waals surface area contributed by atoms with E-state index in [2.05, 4.69) is 39.8 Å². The average molecular weight is 227 g/mol. The molecular formula is C14H29NO. The molecular weight excluding hydrogens is 198 g/mol. The molecule has 16 heavy (non-hydrogen) atoms. The van der Waals surface area contributed by atoms with E-state index < -0.39 is 0 Å². The summed E-state index contributed by atoms with van der Waals surface area (Å²) >= 11 is 0. The van der Waals surface area contributed by atoms with Gasteiger partial charge in [0, 0.05) is 12.0 Å². The number of ether oxygens (including phenoxy) is 1. The summed E-state index contributed by atoms with van der Waals surface area (Å²) in [5.74, 6) is 0. The van der Waals surface area contributed by atoms with Crippen molar-refractivity contribution < 1.29 is 4.74 Å². The van der Waals surface area contributed by atoms with Crippen LogP contribution in [0.5, 0.6) is 0 Å². The molecule has 96 valence electrons. The van der Waals surface area contributed by atoms with Crippen molar-refractivity contribution in [3.63, 3.8) is 0 Å². The summed E-state index contributed by atoms with van der Waals surface area (Å²) in [6.07, 6.45) is 6.83. The normalized spacial score (nSPS) is 21.4. The second-order valence-corrected chi connectivity index (χ2v) is 6.70. The van der Waals surface area contributed by atoms with Crippen molar-refractivity contribution in [2.45, 2.75) is 58.5 Å². The van der Waals surface area contributed by atoms with Crippen molar-refractivity contribution >= 4 is 0 Å². The molecule has 1 aliphatic carbocycles. The topological polar surface area (TPSA) is 12.5 Å². The lowest BCUT2D eigenvalue weighted by Crippen LogP contribution is -2.41. The summed E-state index contributed by atoms with van der Waals surface area (Å²) < 4.78 is 6.05. The maximum absolute atomic E-state index is 6.05. The number of rotatable bonds is 4.